The van der Waals surface area contributed by atoms with Gasteiger partial charge in [0.25, 0.3) is 11.8 Å². The summed E-state index contributed by atoms with van der Waals surface area (Å²) >= 11 is 9.86. The standard InChI is InChI=1S/C27H19BrClN3O5/c1-15-9-19(7-8-21(15)28)32-26(34)20(25(33)31-27(32)35)10-16-11-22(29)24(23(12-16)36-2)37-14-18-6-4-3-5-17(18)13-30/h3-12H,14H2,1-2H3,(H,31,33,35)/b20-10+. The van der Waals surface area contributed by atoms with Crippen molar-refractivity contribution in [3.05, 3.63) is 91.9 Å². The van der Waals surface area contributed by atoms with E-state index in [9.17, 15) is 19.6 Å². The van der Waals surface area contributed by atoms with E-state index in [0.717, 1.165) is 14.9 Å². The van der Waals surface area contributed by atoms with Crippen LogP contribution in [-0.2, 0) is 16.2 Å². The fraction of sp³-hybridized carbons (Fsp3) is 0.111. The lowest BCUT2D eigenvalue weighted by Crippen LogP contribution is -2.54. The molecule has 3 aromatic carbocycles. The first kappa shape index (κ1) is 25.9. The van der Waals surface area contributed by atoms with Crippen LogP contribution in [-0.4, -0.2) is 25.0 Å². The van der Waals surface area contributed by atoms with Crippen molar-refractivity contribution in [3.8, 4) is 17.6 Å². The lowest BCUT2D eigenvalue weighted by atomic mass is 10.1. The van der Waals surface area contributed by atoms with E-state index in [4.69, 9.17) is 21.1 Å². The third-order valence-corrected chi connectivity index (χ3v) is 6.74. The van der Waals surface area contributed by atoms with Gasteiger partial charge in [0.2, 0.25) is 0 Å². The van der Waals surface area contributed by atoms with Crippen LogP contribution in [0.1, 0.15) is 22.3 Å². The van der Waals surface area contributed by atoms with Gasteiger partial charge in [0, 0.05) is 10.0 Å². The van der Waals surface area contributed by atoms with Crippen molar-refractivity contribution in [2.75, 3.05) is 12.0 Å². The van der Waals surface area contributed by atoms with Gasteiger partial charge in [0.05, 0.1) is 29.5 Å². The minimum atomic E-state index is -0.842. The van der Waals surface area contributed by atoms with Crippen LogP contribution in [0.25, 0.3) is 6.08 Å². The lowest BCUT2D eigenvalue weighted by Gasteiger charge is -2.26. The molecule has 0 saturated carbocycles. The van der Waals surface area contributed by atoms with E-state index < -0.39 is 17.8 Å². The second-order valence-electron chi connectivity index (χ2n) is 7.98. The summed E-state index contributed by atoms with van der Waals surface area (Å²) in [5, 5.41) is 11.7. The highest BCUT2D eigenvalue weighted by Crippen LogP contribution is 2.38. The Labute approximate surface area is 226 Å². The molecule has 1 aliphatic heterocycles. The molecule has 4 rings (SSSR count). The molecule has 1 saturated heterocycles. The zero-order valence-corrected chi connectivity index (χ0v) is 22.0. The van der Waals surface area contributed by atoms with E-state index in [2.05, 4.69) is 27.3 Å². The summed E-state index contributed by atoms with van der Waals surface area (Å²) in [5.74, 6) is -1.11. The lowest BCUT2D eigenvalue weighted by molar-refractivity contribution is -0.122. The maximum Gasteiger partial charge on any atom is 0.335 e. The van der Waals surface area contributed by atoms with Gasteiger partial charge in [-0.25, -0.2) is 9.69 Å². The van der Waals surface area contributed by atoms with Crippen LogP contribution in [0.2, 0.25) is 5.02 Å². The molecule has 1 fully saturated rings. The topological polar surface area (TPSA) is 109 Å². The Morgan fingerprint density at radius 2 is 1.89 bits per heavy atom. The summed E-state index contributed by atoms with van der Waals surface area (Å²) in [6.07, 6.45) is 1.33. The number of anilines is 1. The van der Waals surface area contributed by atoms with Crippen LogP contribution in [0.15, 0.2) is 64.6 Å². The van der Waals surface area contributed by atoms with Gasteiger partial charge >= 0.3 is 6.03 Å². The van der Waals surface area contributed by atoms with Crippen molar-refractivity contribution in [2.45, 2.75) is 13.5 Å². The normalized spacial score (nSPS) is 14.4. The number of halogens is 2. The third-order valence-electron chi connectivity index (χ3n) is 5.57. The number of nitriles is 1. The molecular weight excluding hydrogens is 562 g/mol. The van der Waals surface area contributed by atoms with Crippen LogP contribution in [0.3, 0.4) is 0 Å². The molecule has 0 aromatic heterocycles. The molecular formula is C27H19BrClN3O5. The first-order chi connectivity index (χ1) is 17.7. The fourth-order valence-corrected chi connectivity index (χ4v) is 4.22. The summed E-state index contributed by atoms with van der Waals surface area (Å²) in [6.45, 7) is 1.89. The number of hydrogen-bond acceptors (Lipinski definition) is 6. The van der Waals surface area contributed by atoms with Crippen LogP contribution in [0, 0.1) is 18.3 Å². The summed E-state index contributed by atoms with van der Waals surface area (Å²) in [4.78, 5) is 39.2. The van der Waals surface area contributed by atoms with E-state index in [1.54, 1.807) is 48.5 Å². The van der Waals surface area contributed by atoms with Crippen molar-refractivity contribution in [1.82, 2.24) is 5.32 Å². The fourth-order valence-electron chi connectivity index (χ4n) is 3.69. The van der Waals surface area contributed by atoms with Gasteiger partial charge in [-0.05, 0) is 60.5 Å². The molecule has 0 unspecified atom stereocenters. The molecule has 0 radical (unpaired) electrons. The maximum atomic E-state index is 13.2. The molecule has 8 nitrogen and oxygen atoms in total. The maximum absolute atomic E-state index is 13.2. The number of benzene rings is 3. The number of ether oxygens (including phenoxy) is 2. The zero-order valence-electron chi connectivity index (χ0n) is 19.7. The number of imide groups is 2. The minimum Gasteiger partial charge on any atom is -0.493 e. The van der Waals surface area contributed by atoms with E-state index in [-0.39, 0.29) is 28.7 Å². The Morgan fingerprint density at radius 1 is 1.14 bits per heavy atom. The molecule has 3 aromatic rings. The molecule has 1 aliphatic rings. The van der Waals surface area contributed by atoms with Crippen LogP contribution in [0.5, 0.6) is 11.5 Å². The highest BCUT2D eigenvalue weighted by molar-refractivity contribution is 9.10. The second kappa shape index (κ2) is 10.9. The number of rotatable bonds is 6. The Hall–Kier alpha value is -4.13. The number of nitrogens with zero attached hydrogens (tertiary/aromatic N) is 2. The molecule has 1 N–H and O–H groups in total. The average molecular weight is 581 g/mol. The summed E-state index contributed by atoms with van der Waals surface area (Å²) in [6, 6.07) is 16.3. The zero-order chi connectivity index (χ0) is 26.7. The smallest absolute Gasteiger partial charge is 0.335 e. The van der Waals surface area contributed by atoms with Crippen LogP contribution < -0.4 is 19.7 Å². The number of carbonyl (C=O) groups is 3. The Morgan fingerprint density at radius 3 is 2.59 bits per heavy atom. The van der Waals surface area contributed by atoms with Crippen molar-refractivity contribution in [1.29, 1.82) is 5.26 Å². The summed E-state index contributed by atoms with van der Waals surface area (Å²) in [5.41, 5.74) is 2.40. The Kier molecular flexibility index (Phi) is 7.62. The number of hydrogen-bond donors (Lipinski definition) is 1. The highest BCUT2D eigenvalue weighted by atomic mass is 79.9. The molecule has 37 heavy (non-hydrogen) atoms. The van der Waals surface area contributed by atoms with Crippen molar-refractivity contribution < 1.29 is 23.9 Å². The predicted molar refractivity (Wildman–Crippen MR) is 141 cm³/mol. The third kappa shape index (κ3) is 5.35. The molecule has 0 spiro atoms. The number of aryl methyl sites for hydroxylation is 1. The number of barbiturate groups is 1. The molecule has 1 heterocycles. The Balaban J connectivity index is 1.66. The molecule has 0 atom stereocenters. The molecule has 0 aliphatic carbocycles. The number of urea groups is 1. The van der Waals surface area contributed by atoms with Gasteiger partial charge < -0.3 is 9.47 Å². The number of amides is 4. The van der Waals surface area contributed by atoms with Gasteiger partial charge in [0.15, 0.2) is 11.5 Å². The largest absolute Gasteiger partial charge is 0.493 e. The quantitative estimate of drug-likeness (QED) is 0.303. The Bertz CT molecular complexity index is 1510. The summed E-state index contributed by atoms with van der Waals surface area (Å²) in [7, 11) is 1.42. The van der Waals surface area contributed by atoms with Gasteiger partial charge in [-0.15, -0.1) is 0 Å². The molecule has 10 heteroatoms. The van der Waals surface area contributed by atoms with Gasteiger partial charge in [0.1, 0.15) is 12.2 Å². The monoisotopic (exact) mass is 579 g/mol. The first-order valence-corrected chi connectivity index (χ1v) is 12.1. The van der Waals surface area contributed by atoms with Crippen LogP contribution >= 0.6 is 27.5 Å². The average Bonchev–Trinajstić information content (AvgIpc) is 2.87. The molecule has 4 amide bonds. The van der Waals surface area contributed by atoms with E-state index >= 15 is 0 Å². The molecule has 186 valence electrons. The SMILES string of the molecule is COc1cc(/C=C2\C(=O)NC(=O)N(c3ccc(Br)c(C)c3)C2=O)cc(Cl)c1OCc1ccccc1C#N. The van der Waals surface area contributed by atoms with Crippen LogP contribution in [0.4, 0.5) is 10.5 Å². The van der Waals surface area contributed by atoms with Gasteiger partial charge in [-0.2, -0.15) is 5.26 Å². The number of methoxy groups -OCH3 is 1. The number of nitrogens with one attached hydrogen (secondary N) is 1. The van der Waals surface area contributed by atoms with Gasteiger partial charge in [-0.1, -0.05) is 45.7 Å². The van der Waals surface area contributed by atoms with E-state index in [0.29, 0.717) is 22.4 Å². The van der Waals surface area contributed by atoms with Crippen molar-refractivity contribution in [3.63, 3.8) is 0 Å². The van der Waals surface area contributed by atoms with E-state index in [1.807, 2.05) is 6.92 Å². The van der Waals surface area contributed by atoms with Crippen molar-refractivity contribution >= 4 is 57.1 Å². The first-order valence-electron chi connectivity index (χ1n) is 10.9. The highest BCUT2D eigenvalue weighted by Gasteiger charge is 2.37. The second-order valence-corrected chi connectivity index (χ2v) is 9.24. The van der Waals surface area contributed by atoms with Crippen molar-refractivity contribution in [2.24, 2.45) is 0 Å². The van der Waals surface area contributed by atoms with Gasteiger partial charge in [-0.3, -0.25) is 14.9 Å². The molecule has 0 bridgehead atoms. The van der Waals surface area contributed by atoms with E-state index in [1.165, 1.54) is 19.3 Å². The number of carbonyl (C=O) groups excluding carboxylic acids is 3. The minimum absolute atomic E-state index is 0.0742. The summed E-state index contributed by atoms with van der Waals surface area (Å²) < 4.78 is 12.1. The predicted octanol–water partition coefficient (Wildman–Crippen LogP) is 5.54.